The van der Waals surface area contributed by atoms with Crippen LogP contribution in [0, 0.1) is 5.92 Å². The lowest BCUT2D eigenvalue weighted by Gasteiger charge is -2.13. The number of carbonyl (C=O) groups excluding carboxylic acids is 1. The summed E-state index contributed by atoms with van der Waals surface area (Å²) in [6.07, 6.45) is 4.36. The third-order valence-electron chi connectivity index (χ3n) is 4.10. The van der Waals surface area contributed by atoms with E-state index >= 15 is 0 Å². The van der Waals surface area contributed by atoms with E-state index in [9.17, 15) is 13.2 Å². The van der Waals surface area contributed by atoms with Gasteiger partial charge in [-0.1, -0.05) is 26.3 Å². The maximum absolute atomic E-state index is 12.5. The number of aliphatic imine (C=N–C) groups is 1. The summed E-state index contributed by atoms with van der Waals surface area (Å²) in [5.74, 6) is 0.276. The molecule has 0 aliphatic carbocycles. The second-order valence-electron chi connectivity index (χ2n) is 6.07. The largest absolute Gasteiger partial charge is 0.326 e. The van der Waals surface area contributed by atoms with Crippen LogP contribution in [0.4, 0.5) is 5.69 Å². The predicted octanol–water partition coefficient (Wildman–Crippen LogP) is 2.92. The van der Waals surface area contributed by atoms with Gasteiger partial charge in [0.25, 0.3) is 10.0 Å². The van der Waals surface area contributed by atoms with Crippen LogP contribution in [0.25, 0.3) is 0 Å². The van der Waals surface area contributed by atoms with Gasteiger partial charge >= 0.3 is 0 Å². The fraction of sp³-hybridized carbons (Fsp3) is 0.529. The zero-order chi connectivity index (χ0) is 17.6. The van der Waals surface area contributed by atoms with E-state index in [4.69, 9.17) is 0 Å². The smallest absolute Gasteiger partial charge is 0.262 e. The van der Waals surface area contributed by atoms with Crippen LogP contribution in [-0.2, 0) is 14.8 Å². The second kappa shape index (κ2) is 8.28. The highest BCUT2D eigenvalue weighted by molar-refractivity contribution is 7.90. The number of nitrogens with one attached hydrogen (secondary N) is 2. The van der Waals surface area contributed by atoms with Gasteiger partial charge in [-0.25, -0.2) is 8.42 Å². The SMILES string of the molecule is CCC(C)C(=O)Nc1cccc(S(=O)(=O)NC2=NCCCCC2)c1. The summed E-state index contributed by atoms with van der Waals surface area (Å²) in [5.41, 5.74) is 0.478. The first kappa shape index (κ1) is 18.4. The molecule has 2 N–H and O–H groups in total. The van der Waals surface area contributed by atoms with E-state index in [1.165, 1.54) is 12.1 Å². The third-order valence-corrected chi connectivity index (χ3v) is 5.48. The number of rotatable bonds is 5. The normalized spacial score (nSPS) is 16.7. The van der Waals surface area contributed by atoms with Crippen molar-refractivity contribution in [3.63, 3.8) is 0 Å². The molecule has 1 aromatic rings. The standard InChI is InChI=1S/C17H25N3O3S/c1-3-13(2)17(21)19-14-8-7-9-15(12-14)24(22,23)20-16-10-5-4-6-11-18-16/h7-9,12-13H,3-6,10-11H2,1-2H3,(H,18,20)(H,19,21). The first-order chi connectivity index (χ1) is 11.4. The summed E-state index contributed by atoms with van der Waals surface area (Å²) >= 11 is 0. The first-order valence-corrected chi connectivity index (χ1v) is 9.88. The molecule has 1 unspecified atom stereocenters. The van der Waals surface area contributed by atoms with E-state index in [2.05, 4.69) is 15.0 Å². The minimum atomic E-state index is -3.69. The number of hydrogen-bond acceptors (Lipinski definition) is 4. The Morgan fingerprint density at radius 2 is 2.08 bits per heavy atom. The molecular formula is C17H25N3O3S. The zero-order valence-electron chi connectivity index (χ0n) is 14.2. The molecule has 6 nitrogen and oxygen atoms in total. The van der Waals surface area contributed by atoms with Gasteiger partial charge in [-0.3, -0.25) is 14.5 Å². The summed E-state index contributed by atoms with van der Waals surface area (Å²) in [5, 5.41) is 2.76. The van der Waals surface area contributed by atoms with Crippen LogP contribution in [0.2, 0.25) is 0 Å². The van der Waals surface area contributed by atoms with Gasteiger partial charge in [-0.05, 0) is 37.5 Å². The van der Waals surface area contributed by atoms with Crippen LogP contribution in [0.5, 0.6) is 0 Å². The Balaban J connectivity index is 2.14. The molecule has 0 bridgehead atoms. The lowest BCUT2D eigenvalue weighted by atomic mass is 10.1. The van der Waals surface area contributed by atoms with Crippen molar-refractivity contribution in [3.8, 4) is 0 Å². The fourth-order valence-electron chi connectivity index (χ4n) is 2.36. The lowest BCUT2D eigenvalue weighted by molar-refractivity contribution is -0.119. The van der Waals surface area contributed by atoms with Crippen molar-refractivity contribution in [1.82, 2.24) is 4.72 Å². The fourth-order valence-corrected chi connectivity index (χ4v) is 3.50. The molecule has 132 valence electrons. The average Bonchev–Trinajstić information content (AvgIpc) is 2.82. The summed E-state index contributed by atoms with van der Waals surface area (Å²) in [4.78, 5) is 16.4. The van der Waals surface area contributed by atoms with Crippen molar-refractivity contribution in [2.45, 2.75) is 50.8 Å². The minimum Gasteiger partial charge on any atom is -0.326 e. The molecule has 1 aromatic carbocycles. The Labute approximate surface area is 143 Å². The van der Waals surface area contributed by atoms with E-state index in [0.717, 1.165) is 25.7 Å². The summed E-state index contributed by atoms with van der Waals surface area (Å²) < 4.78 is 27.6. The van der Waals surface area contributed by atoms with Gasteiger partial charge < -0.3 is 5.32 Å². The summed E-state index contributed by atoms with van der Waals surface area (Å²) in [6.45, 7) is 4.42. The molecule has 0 radical (unpaired) electrons. The molecule has 0 aromatic heterocycles. The Hall–Kier alpha value is -1.89. The monoisotopic (exact) mass is 351 g/mol. The van der Waals surface area contributed by atoms with Gasteiger partial charge in [-0.2, -0.15) is 0 Å². The Kier molecular flexibility index (Phi) is 6.36. The van der Waals surface area contributed by atoms with E-state index < -0.39 is 10.0 Å². The molecule has 0 saturated heterocycles. The third kappa shape index (κ3) is 5.06. The van der Waals surface area contributed by atoms with Crippen LogP contribution in [0.1, 0.15) is 46.0 Å². The molecule has 0 spiro atoms. The number of amides is 1. The number of nitrogens with zero attached hydrogens (tertiary/aromatic N) is 1. The second-order valence-corrected chi connectivity index (χ2v) is 7.75. The van der Waals surface area contributed by atoms with E-state index in [1.807, 2.05) is 13.8 Å². The maximum Gasteiger partial charge on any atom is 0.262 e. The van der Waals surface area contributed by atoms with Gasteiger partial charge in [0, 0.05) is 24.6 Å². The van der Waals surface area contributed by atoms with Crippen molar-refractivity contribution < 1.29 is 13.2 Å². The van der Waals surface area contributed by atoms with Gasteiger partial charge in [0.1, 0.15) is 5.84 Å². The van der Waals surface area contributed by atoms with Crippen LogP contribution in [0.15, 0.2) is 34.2 Å². The molecule has 0 fully saturated rings. The number of sulfonamides is 1. The zero-order valence-corrected chi connectivity index (χ0v) is 15.0. The summed E-state index contributed by atoms with van der Waals surface area (Å²) in [6, 6.07) is 6.29. The molecule has 2 rings (SSSR count). The van der Waals surface area contributed by atoms with Crippen molar-refractivity contribution in [3.05, 3.63) is 24.3 Å². The number of benzene rings is 1. The highest BCUT2D eigenvalue weighted by Crippen LogP contribution is 2.17. The Bertz CT molecular complexity index is 714. The van der Waals surface area contributed by atoms with Crippen molar-refractivity contribution in [2.24, 2.45) is 10.9 Å². The molecule has 1 heterocycles. The molecular weight excluding hydrogens is 326 g/mol. The van der Waals surface area contributed by atoms with Gasteiger partial charge in [-0.15, -0.1) is 0 Å². The highest BCUT2D eigenvalue weighted by atomic mass is 32.2. The highest BCUT2D eigenvalue weighted by Gasteiger charge is 2.18. The van der Waals surface area contributed by atoms with Crippen LogP contribution >= 0.6 is 0 Å². The van der Waals surface area contributed by atoms with Crippen molar-refractivity contribution in [2.75, 3.05) is 11.9 Å². The van der Waals surface area contributed by atoms with Gasteiger partial charge in [0.05, 0.1) is 4.90 Å². The molecule has 0 saturated carbocycles. The summed E-state index contributed by atoms with van der Waals surface area (Å²) in [7, 11) is -3.69. The van der Waals surface area contributed by atoms with E-state index in [-0.39, 0.29) is 16.7 Å². The van der Waals surface area contributed by atoms with Gasteiger partial charge in [0.15, 0.2) is 0 Å². The molecule has 1 aliphatic heterocycles. The van der Waals surface area contributed by atoms with Crippen LogP contribution < -0.4 is 10.0 Å². The first-order valence-electron chi connectivity index (χ1n) is 8.39. The minimum absolute atomic E-state index is 0.117. The lowest BCUT2D eigenvalue weighted by Crippen LogP contribution is -2.30. The molecule has 1 aliphatic rings. The molecule has 1 amide bonds. The Morgan fingerprint density at radius 3 is 2.83 bits per heavy atom. The van der Waals surface area contributed by atoms with E-state index in [0.29, 0.717) is 24.5 Å². The van der Waals surface area contributed by atoms with Crippen LogP contribution in [-0.4, -0.2) is 26.7 Å². The molecule has 24 heavy (non-hydrogen) atoms. The van der Waals surface area contributed by atoms with Crippen molar-refractivity contribution >= 4 is 27.5 Å². The number of anilines is 1. The number of amidine groups is 1. The Morgan fingerprint density at radius 1 is 1.29 bits per heavy atom. The molecule has 7 heteroatoms. The average molecular weight is 351 g/mol. The number of carbonyl (C=O) groups is 1. The topological polar surface area (TPSA) is 87.6 Å². The van der Waals surface area contributed by atoms with Crippen molar-refractivity contribution in [1.29, 1.82) is 0 Å². The van der Waals surface area contributed by atoms with Crippen LogP contribution in [0.3, 0.4) is 0 Å². The number of hydrogen-bond donors (Lipinski definition) is 2. The maximum atomic E-state index is 12.5. The van der Waals surface area contributed by atoms with E-state index in [1.54, 1.807) is 12.1 Å². The van der Waals surface area contributed by atoms with Gasteiger partial charge in [0.2, 0.25) is 5.91 Å². The molecule has 1 atom stereocenters. The quantitative estimate of drug-likeness (QED) is 0.855. The predicted molar refractivity (Wildman–Crippen MR) is 95.6 cm³/mol.